The van der Waals surface area contributed by atoms with E-state index in [9.17, 15) is 0 Å². The first-order chi connectivity index (χ1) is 9.72. The molecule has 0 bridgehead atoms. The third-order valence-corrected chi connectivity index (χ3v) is 3.16. The molecule has 0 spiro atoms. The number of hydrogen-bond acceptors (Lipinski definition) is 4. The summed E-state index contributed by atoms with van der Waals surface area (Å²) in [7, 11) is 1.72. The molecule has 0 radical (unpaired) electrons. The van der Waals surface area contributed by atoms with E-state index in [4.69, 9.17) is 9.72 Å². The lowest BCUT2D eigenvalue weighted by Crippen LogP contribution is -2.28. The molecule has 20 heavy (non-hydrogen) atoms. The van der Waals surface area contributed by atoms with Gasteiger partial charge in [0.1, 0.15) is 5.82 Å². The van der Waals surface area contributed by atoms with Crippen molar-refractivity contribution in [2.75, 3.05) is 38.3 Å². The van der Waals surface area contributed by atoms with Crippen molar-refractivity contribution >= 4 is 5.82 Å². The highest BCUT2D eigenvalue weighted by molar-refractivity contribution is 5.42. The Balaban J connectivity index is 2.74. The standard InChI is InChI=1S/C16H27N3O/c1-5-9-17-13-15-7-8-16(18-14(15)3)19(10-6-2)11-12-20-4/h6-8,17H,2,5,9-13H2,1,3-4H3. The lowest BCUT2D eigenvalue weighted by Gasteiger charge is -2.22. The second kappa shape index (κ2) is 9.50. The molecule has 0 saturated carbocycles. The maximum absolute atomic E-state index is 5.15. The Labute approximate surface area is 122 Å². The van der Waals surface area contributed by atoms with Crippen molar-refractivity contribution in [2.45, 2.75) is 26.8 Å². The molecule has 1 aromatic heterocycles. The van der Waals surface area contributed by atoms with Gasteiger partial charge in [-0.1, -0.05) is 19.1 Å². The summed E-state index contributed by atoms with van der Waals surface area (Å²) in [5.74, 6) is 0.985. The normalized spacial score (nSPS) is 10.6. The van der Waals surface area contributed by atoms with Gasteiger partial charge >= 0.3 is 0 Å². The van der Waals surface area contributed by atoms with Gasteiger partial charge in [0.15, 0.2) is 0 Å². The van der Waals surface area contributed by atoms with Crippen molar-refractivity contribution in [2.24, 2.45) is 0 Å². The van der Waals surface area contributed by atoms with Gasteiger partial charge in [-0.3, -0.25) is 0 Å². The first kappa shape index (κ1) is 16.7. The summed E-state index contributed by atoms with van der Waals surface area (Å²) in [4.78, 5) is 6.88. The molecule has 1 rings (SSSR count). The Bertz CT molecular complexity index is 407. The van der Waals surface area contributed by atoms with E-state index in [-0.39, 0.29) is 0 Å². The number of nitrogens with one attached hydrogen (secondary N) is 1. The average Bonchev–Trinajstić information content (AvgIpc) is 2.45. The Hall–Kier alpha value is -1.39. The van der Waals surface area contributed by atoms with Crippen LogP contribution in [0, 0.1) is 6.92 Å². The van der Waals surface area contributed by atoms with Crippen LogP contribution in [0.2, 0.25) is 0 Å². The second-order valence-electron chi connectivity index (χ2n) is 4.82. The van der Waals surface area contributed by atoms with Gasteiger partial charge in [0.2, 0.25) is 0 Å². The number of anilines is 1. The predicted octanol–water partition coefficient (Wildman–Crippen LogP) is 2.53. The summed E-state index contributed by atoms with van der Waals surface area (Å²) in [5.41, 5.74) is 2.34. The van der Waals surface area contributed by atoms with Gasteiger partial charge in [0.25, 0.3) is 0 Å². The number of aromatic nitrogens is 1. The van der Waals surface area contributed by atoms with E-state index in [1.165, 1.54) is 5.56 Å². The van der Waals surface area contributed by atoms with Crippen molar-refractivity contribution in [3.63, 3.8) is 0 Å². The Morgan fingerprint density at radius 1 is 1.45 bits per heavy atom. The van der Waals surface area contributed by atoms with Gasteiger partial charge in [-0.05, 0) is 31.5 Å². The molecule has 0 saturated heterocycles. The van der Waals surface area contributed by atoms with Gasteiger partial charge in [0.05, 0.1) is 6.61 Å². The molecular formula is C16H27N3O. The van der Waals surface area contributed by atoms with Crippen LogP contribution in [0.15, 0.2) is 24.8 Å². The van der Waals surface area contributed by atoms with Crippen molar-refractivity contribution in [3.8, 4) is 0 Å². The minimum absolute atomic E-state index is 0.689. The molecule has 0 fully saturated rings. The van der Waals surface area contributed by atoms with E-state index in [2.05, 4.69) is 42.8 Å². The average molecular weight is 277 g/mol. The topological polar surface area (TPSA) is 37.4 Å². The summed E-state index contributed by atoms with van der Waals surface area (Å²) in [6.45, 7) is 12.3. The summed E-state index contributed by atoms with van der Waals surface area (Å²) in [6, 6.07) is 4.23. The molecular weight excluding hydrogens is 250 g/mol. The summed E-state index contributed by atoms with van der Waals surface area (Å²) in [6.07, 6.45) is 3.04. The van der Waals surface area contributed by atoms with Crippen molar-refractivity contribution in [1.29, 1.82) is 0 Å². The minimum Gasteiger partial charge on any atom is -0.383 e. The smallest absolute Gasteiger partial charge is 0.129 e. The molecule has 1 N–H and O–H groups in total. The van der Waals surface area contributed by atoms with Crippen molar-refractivity contribution < 1.29 is 4.74 Å². The molecule has 112 valence electrons. The lowest BCUT2D eigenvalue weighted by atomic mass is 10.2. The first-order valence-corrected chi connectivity index (χ1v) is 7.25. The van der Waals surface area contributed by atoms with Gasteiger partial charge in [0, 0.05) is 32.4 Å². The Morgan fingerprint density at radius 2 is 2.25 bits per heavy atom. The third kappa shape index (κ3) is 5.31. The van der Waals surface area contributed by atoms with Crippen LogP contribution in [0.3, 0.4) is 0 Å². The first-order valence-electron chi connectivity index (χ1n) is 7.25. The van der Waals surface area contributed by atoms with Crippen LogP contribution in [0.5, 0.6) is 0 Å². The zero-order chi connectivity index (χ0) is 14.8. The highest BCUT2D eigenvalue weighted by Crippen LogP contribution is 2.15. The molecule has 1 heterocycles. The van der Waals surface area contributed by atoms with Gasteiger partial charge in [-0.25, -0.2) is 4.98 Å². The largest absolute Gasteiger partial charge is 0.383 e. The SMILES string of the molecule is C=CCN(CCOC)c1ccc(CNCCC)c(C)n1. The molecule has 0 amide bonds. The van der Waals surface area contributed by atoms with Crippen LogP contribution in [-0.2, 0) is 11.3 Å². The fourth-order valence-corrected chi connectivity index (χ4v) is 2.00. The van der Waals surface area contributed by atoms with Crippen LogP contribution >= 0.6 is 0 Å². The molecule has 0 aliphatic heterocycles. The van der Waals surface area contributed by atoms with Gasteiger partial charge < -0.3 is 15.0 Å². The minimum atomic E-state index is 0.689. The van der Waals surface area contributed by atoms with Crippen LogP contribution in [0.25, 0.3) is 0 Å². The summed E-state index contributed by atoms with van der Waals surface area (Å²) >= 11 is 0. The van der Waals surface area contributed by atoms with E-state index in [1.54, 1.807) is 7.11 Å². The predicted molar refractivity (Wildman–Crippen MR) is 85.3 cm³/mol. The number of rotatable bonds is 10. The fourth-order valence-electron chi connectivity index (χ4n) is 2.00. The van der Waals surface area contributed by atoms with Gasteiger partial charge in [-0.2, -0.15) is 0 Å². The number of hydrogen-bond donors (Lipinski definition) is 1. The number of nitrogens with zero attached hydrogens (tertiary/aromatic N) is 2. The van der Waals surface area contributed by atoms with Crippen molar-refractivity contribution in [1.82, 2.24) is 10.3 Å². The number of methoxy groups -OCH3 is 1. The van der Waals surface area contributed by atoms with Gasteiger partial charge in [-0.15, -0.1) is 6.58 Å². The zero-order valence-corrected chi connectivity index (χ0v) is 13.0. The lowest BCUT2D eigenvalue weighted by molar-refractivity contribution is 0.205. The molecule has 1 aromatic rings. The maximum Gasteiger partial charge on any atom is 0.129 e. The van der Waals surface area contributed by atoms with E-state index in [1.807, 2.05) is 6.08 Å². The molecule has 0 aliphatic carbocycles. The molecule has 4 nitrogen and oxygen atoms in total. The molecule has 0 aliphatic rings. The number of aryl methyl sites for hydroxylation is 1. The highest BCUT2D eigenvalue weighted by atomic mass is 16.5. The summed E-state index contributed by atoms with van der Waals surface area (Å²) < 4.78 is 5.15. The highest BCUT2D eigenvalue weighted by Gasteiger charge is 2.08. The van der Waals surface area contributed by atoms with E-state index in [0.29, 0.717) is 6.61 Å². The third-order valence-electron chi connectivity index (χ3n) is 3.16. The zero-order valence-electron chi connectivity index (χ0n) is 13.0. The molecule has 4 heteroatoms. The van der Waals surface area contributed by atoms with E-state index >= 15 is 0 Å². The maximum atomic E-state index is 5.15. The number of pyridine rings is 1. The molecule has 0 aromatic carbocycles. The fraction of sp³-hybridized carbons (Fsp3) is 0.562. The monoisotopic (exact) mass is 277 g/mol. The summed E-state index contributed by atoms with van der Waals surface area (Å²) in [5, 5.41) is 3.41. The Kier molecular flexibility index (Phi) is 7.92. The Morgan fingerprint density at radius 3 is 2.85 bits per heavy atom. The molecule has 0 unspecified atom stereocenters. The van der Waals surface area contributed by atoms with E-state index < -0.39 is 0 Å². The van der Waals surface area contributed by atoms with Crippen LogP contribution in [-0.4, -0.2) is 38.3 Å². The van der Waals surface area contributed by atoms with Crippen LogP contribution in [0.1, 0.15) is 24.6 Å². The van der Waals surface area contributed by atoms with E-state index in [0.717, 1.165) is 44.1 Å². The quantitative estimate of drug-likeness (QED) is 0.527. The van der Waals surface area contributed by atoms with Crippen molar-refractivity contribution in [3.05, 3.63) is 36.0 Å². The second-order valence-corrected chi connectivity index (χ2v) is 4.82. The van der Waals surface area contributed by atoms with Crippen LogP contribution in [0.4, 0.5) is 5.82 Å². The number of ether oxygens (including phenoxy) is 1. The van der Waals surface area contributed by atoms with Crippen LogP contribution < -0.4 is 10.2 Å². The molecule has 0 atom stereocenters.